The molecule has 0 aliphatic heterocycles. The van der Waals surface area contributed by atoms with Crippen molar-refractivity contribution in [2.24, 2.45) is 0 Å². The van der Waals surface area contributed by atoms with Crippen molar-refractivity contribution in [3.05, 3.63) is 71.9 Å². The molecular weight excluding hydrogens is 370 g/mol. The average molecular weight is 397 g/mol. The second-order valence-corrected chi connectivity index (χ2v) is 5.90. The van der Waals surface area contributed by atoms with Gasteiger partial charge in [0.1, 0.15) is 0 Å². The lowest BCUT2D eigenvalue weighted by molar-refractivity contribution is 0.0867. The largest absolute Gasteiger partial charge is 0.449 e. The highest BCUT2D eigenvalue weighted by molar-refractivity contribution is 5.83. The Hall–Kier alpha value is -3.48. The summed E-state index contributed by atoms with van der Waals surface area (Å²) in [5.74, 6) is 0. The molecule has 2 aromatic rings. The molecule has 2 aromatic carbocycles. The van der Waals surface area contributed by atoms with Gasteiger partial charge in [-0.3, -0.25) is 0 Å². The number of carbonyl (C=O) groups is 2. The van der Waals surface area contributed by atoms with E-state index in [1.807, 2.05) is 67.6 Å². The van der Waals surface area contributed by atoms with Crippen LogP contribution in [0.2, 0.25) is 0 Å². The Labute approximate surface area is 171 Å². The molecule has 0 saturated heterocycles. The summed E-state index contributed by atoms with van der Waals surface area (Å²) in [6.45, 7) is 5.64. The summed E-state index contributed by atoms with van der Waals surface area (Å²) in [5, 5.41) is 4.46. The number of anilines is 1. The standard InChI is InChI=1S/C22H27N3O4/c1-4-19(25(22(27)29-6-3)24-21(26)28-5-2)20(17-13-9-7-10-14-17)23-18-15-11-8-12-16-18/h7-16,23H,4-6H2,1-3H3,(H,24,26)/b20-19-. The lowest BCUT2D eigenvalue weighted by atomic mass is 10.1. The molecule has 2 rings (SSSR count). The Morgan fingerprint density at radius 1 is 0.862 bits per heavy atom. The van der Waals surface area contributed by atoms with Gasteiger partial charge in [-0.25, -0.2) is 15.0 Å². The predicted molar refractivity (Wildman–Crippen MR) is 113 cm³/mol. The number of para-hydroxylation sites is 1. The Morgan fingerprint density at radius 2 is 1.45 bits per heavy atom. The summed E-state index contributed by atoms with van der Waals surface area (Å²) in [4.78, 5) is 24.7. The highest BCUT2D eigenvalue weighted by Gasteiger charge is 2.25. The van der Waals surface area contributed by atoms with E-state index < -0.39 is 12.2 Å². The molecule has 29 heavy (non-hydrogen) atoms. The number of hydrogen-bond donors (Lipinski definition) is 2. The molecule has 0 atom stereocenters. The lowest BCUT2D eigenvalue weighted by Gasteiger charge is -2.27. The fraction of sp³-hybridized carbons (Fsp3) is 0.273. The van der Waals surface area contributed by atoms with E-state index in [9.17, 15) is 9.59 Å². The molecule has 154 valence electrons. The first-order valence-electron chi connectivity index (χ1n) is 9.61. The topological polar surface area (TPSA) is 79.9 Å². The quantitative estimate of drug-likeness (QED) is 0.643. The van der Waals surface area contributed by atoms with Gasteiger partial charge in [0, 0.05) is 5.69 Å². The summed E-state index contributed by atoms with van der Waals surface area (Å²) in [7, 11) is 0. The van der Waals surface area contributed by atoms with Crippen LogP contribution in [0.3, 0.4) is 0 Å². The Bertz CT molecular complexity index is 822. The monoisotopic (exact) mass is 397 g/mol. The van der Waals surface area contributed by atoms with Gasteiger partial charge in [-0.15, -0.1) is 0 Å². The van der Waals surface area contributed by atoms with Gasteiger partial charge in [0.15, 0.2) is 0 Å². The van der Waals surface area contributed by atoms with Crippen LogP contribution in [-0.4, -0.2) is 30.4 Å². The third-order valence-corrected chi connectivity index (χ3v) is 3.93. The maximum atomic E-state index is 12.6. The highest BCUT2D eigenvalue weighted by Crippen LogP contribution is 2.25. The van der Waals surface area contributed by atoms with Gasteiger partial charge in [0.2, 0.25) is 0 Å². The minimum absolute atomic E-state index is 0.170. The first kappa shape index (κ1) is 21.8. The molecule has 0 spiro atoms. The van der Waals surface area contributed by atoms with Crippen LogP contribution in [0, 0.1) is 0 Å². The van der Waals surface area contributed by atoms with E-state index in [-0.39, 0.29) is 13.2 Å². The molecule has 7 heteroatoms. The van der Waals surface area contributed by atoms with Gasteiger partial charge in [-0.05, 0) is 38.0 Å². The molecule has 0 bridgehead atoms. The molecule has 0 fully saturated rings. The van der Waals surface area contributed by atoms with Crippen molar-refractivity contribution in [1.29, 1.82) is 0 Å². The normalized spacial score (nSPS) is 11.1. The van der Waals surface area contributed by atoms with E-state index in [0.717, 1.165) is 16.3 Å². The van der Waals surface area contributed by atoms with Gasteiger partial charge in [0.05, 0.1) is 24.6 Å². The van der Waals surface area contributed by atoms with E-state index in [1.54, 1.807) is 13.8 Å². The van der Waals surface area contributed by atoms with Crippen LogP contribution in [0.4, 0.5) is 15.3 Å². The molecule has 0 unspecified atom stereocenters. The van der Waals surface area contributed by atoms with Crippen molar-refractivity contribution in [1.82, 2.24) is 10.4 Å². The SMILES string of the molecule is CCOC(=O)NN(C(=O)OCC)/C(CC)=C(\Nc1ccccc1)c1ccccc1. The van der Waals surface area contributed by atoms with Crippen LogP contribution in [0.15, 0.2) is 66.4 Å². The Morgan fingerprint density at radius 3 is 2.00 bits per heavy atom. The van der Waals surface area contributed by atoms with Crippen LogP contribution in [0.1, 0.15) is 32.8 Å². The molecule has 0 radical (unpaired) electrons. The van der Waals surface area contributed by atoms with Crippen LogP contribution in [0.25, 0.3) is 5.70 Å². The second-order valence-electron chi connectivity index (χ2n) is 5.90. The van der Waals surface area contributed by atoms with Crippen molar-refractivity contribution in [2.75, 3.05) is 18.5 Å². The zero-order valence-electron chi connectivity index (χ0n) is 17.0. The summed E-state index contributed by atoms with van der Waals surface area (Å²) < 4.78 is 10.1. The maximum absolute atomic E-state index is 12.6. The molecule has 0 aromatic heterocycles. The average Bonchev–Trinajstić information content (AvgIpc) is 2.74. The number of benzene rings is 2. The molecule has 2 amide bonds. The maximum Gasteiger partial charge on any atom is 0.433 e. The number of amides is 2. The van der Waals surface area contributed by atoms with Crippen LogP contribution < -0.4 is 10.7 Å². The lowest BCUT2D eigenvalue weighted by Crippen LogP contribution is -2.46. The van der Waals surface area contributed by atoms with Gasteiger partial charge in [0.25, 0.3) is 0 Å². The zero-order chi connectivity index (χ0) is 21.1. The molecule has 2 N–H and O–H groups in total. The Balaban J connectivity index is 2.56. The number of nitrogens with one attached hydrogen (secondary N) is 2. The van der Waals surface area contributed by atoms with Gasteiger partial charge >= 0.3 is 12.2 Å². The van der Waals surface area contributed by atoms with Crippen LogP contribution >= 0.6 is 0 Å². The summed E-state index contributed by atoms with van der Waals surface area (Å²) in [5.41, 5.74) is 5.39. The summed E-state index contributed by atoms with van der Waals surface area (Å²) in [6.07, 6.45) is -0.991. The van der Waals surface area contributed by atoms with Gasteiger partial charge in [-0.2, -0.15) is 5.01 Å². The van der Waals surface area contributed by atoms with E-state index in [4.69, 9.17) is 9.47 Å². The number of carbonyl (C=O) groups excluding carboxylic acids is 2. The Kier molecular flexibility index (Phi) is 8.56. The van der Waals surface area contributed by atoms with Crippen LogP contribution in [0.5, 0.6) is 0 Å². The first-order valence-corrected chi connectivity index (χ1v) is 9.61. The number of hydrazine groups is 1. The summed E-state index contributed by atoms with van der Waals surface area (Å²) in [6, 6.07) is 19.2. The zero-order valence-corrected chi connectivity index (χ0v) is 17.0. The van der Waals surface area contributed by atoms with E-state index in [0.29, 0.717) is 17.8 Å². The second kappa shape index (κ2) is 11.4. The van der Waals surface area contributed by atoms with Crippen molar-refractivity contribution >= 4 is 23.6 Å². The summed E-state index contributed by atoms with van der Waals surface area (Å²) >= 11 is 0. The smallest absolute Gasteiger partial charge is 0.433 e. The molecule has 0 saturated carbocycles. The van der Waals surface area contributed by atoms with Crippen LogP contribution in [-0.2, 0) is 9.47 Å². The molecule has 7 nitrogen and oxygen atoms in total. The minimum Gasteiger partial charge on any atom is -0.449 e. The molecule has 0 heterocycles. The van der Waals surface area contributed by atoms with Crippen molar-refractivity contribution < 1.29 is 19.1 Å². The van der Waals surface area contributed by atoms with E-state index >= 15 is 0 Å². The number of allylic oxidation sites excluding steroid dienone is 1. The molecular formula is C22H27N3O4. The van der Waals surface area contributed by atoms with E-state index in [1.165, 1.54) is 0 Å². The third-order valence-electron chi connectivity index (χ3n) is 3.93. The van der Waals surface area contributed by atoms with Crippen molar-refractivity contribution in [3.8, 4) is 0 Å². The number of rotatable bonds is 7. The van der Waals surface area contributed by atoms with Gasteiger partial charge in [-0.1, -0.05) is 55.5 Å². The van der Waals surface area contributed by atoms with Crippen molar-refractivity contribution in [2.45, 2.75) is 27.2 Å². The third kappa shape index (κ3) is 6.27. The number of nitrogens with zero attached hydrogens (tertiary/aromatic N) is 1. The minimum atomic E-state index is -0.737. The van der Waals surface area contributed by atoms with Gasteiger partial charge < -0.3 is 14.8 Å². The number of hydrogen-bond acceptors (Lipinski definition) is 5. The van der Waals surface area contributed by atoms with Crippen molar-refractivity contribution in [3.63, 3.8) is 0 Å². The molecule has 0 aliphatic rings. The fourth-order valence-corrected chi connectivity index (χ4v) is 2.69. The predicted octanol–water partition coefficient (Wildman–Crippen LogP) is 5.00. The highest BCUT2D eigenvalue weighted by atomic mass is 16.6. The van der Waals surface area contributed by atoms with E-state index in [2.05, 4.69) is 10.7 Å². The first-order chi connectivity index (χ1) is 14.1. The number of ether oxygens (including phenoxy) is 2. The fourth-order valence-electron chi connectivity index (χ4n) is 2.69. The molecule has 0 aliphatic carbocycles.